The highest BCUT2D eigenvalue weighted by Crippen LogP contribution is 1.99. The Morgan fingerprint density at radius 2 is 2.09 bits per heavy atom. The van der Waals surface area contributed by atoms with Crippen LogP contribution in [0.25, 0.3) is 0 Å². The van der Waals surface area contributed by atoms with Crippen LogP contribution in [0.2, 0.25) is 0 Å². The highest BCUT2D eigenvalue weighted by molar-refractivity contribution is 4.50. The summed E-state index contributed by atoms with van der Waals surface area (Å²) in [5.41, 5.74) is 5.38. The van der Waals surface area contributed by atoms with Crippen molar-refractivity contribution in [2.75, 3.05) is 13.2 Å². The molecular weight excluding hydrogens is 138 g/mol. The molecule has 11 heavy (non-hydrogen) atoms. The van der Waals surface area contributed by atoms with Crippen molar-refractivity contribution in [2.24, 2.45) is 5.73 Å². The lowest BCUT2D eigenvalue weighted by atomic mass is 10.2. The van der Waals surface area contributed by atoms with Crippen LogP contribution in [-0.4, -0.2) is 19.3 Å². The van der Waals surface area contributed by atoms with Crippen molar-refractivity contribution in [1.29, 1.82) is 0 Å². The standard InChI is InChI=1S/C9H21NO/c1-3-4-5-8-11-9(2)6-7-10/h9H,3-8,10H2,1-2H3. The Kier molecular flexibility index (Phi) is 7.96. The second kappa shape index (κ2) is 8.02. The lowest BCUT2D eigenvalue weighted by molar-refractivity contribution is 0.0594. The van der Waals surface area contributed by atoms with Gasteiger partial charge in [0.15, 0.2) is 0 Å². The first-order valence-corrected chi connectivity index (χ1v) is 4.63. The SMILES string of the molecule is CCCCCOC(C)CCN. The third kappa shape index (κ3) is 7.82. The molecule has 0 heterocycles. The Balaban J connectivity index is 2.97. The number of nitrogens with two attached hydrogens (primary N) is 1. The molecule has 0 aromatic heterocycles. The third-order valence-electron chi connectivity index (χ3n) is 1.72. The predicted molar refractivity (Wildman–Crippen MR) is 48.6 cm³/mol. The largest absolute Gasteiger partial charge is 0.378 e. The molecule has 2 N–H and O–H groups in total. The maximum Gasteiger partial charge on any atom is 0.0559 e. The van der Waals surface area contributed by atoms with Gasteiger partial charge >= 0.3 is 0 Å². The molecule has 0 radical (unpaired) electrons. The van der Waals surface area contributed by atoms with E-state index >= 15 is 0 Å². The van der Waals surface area contributed by atoms with Crippen LogP contribution in [0, 0.1) is 0 Å². The van der Waals surface area contributed by atoms with E-state index in [-0.39, 0.29) is 0 Å². The maximum absolute atomic E-state index is 5.50. The molecule has 0 aromatic carbocycles. The van der Waals surface area contributed by atoms with Gasteiger partial charge in [-0.05, 0) is 26.3 Å². The van der Waals surface area contributed by atoms with Gasteiger partial charge in [-0.15, -0.1) is 0 Å². The van der Waals surface area contributed by atoms with Gasteiger partial charge in [-0.25, -0.2) is 0 Å². The summed E-state index contributed by atoms with van der Waals surface area (Å²) in [7, 11) is 0. The van der Waals surface area contributed by atoms with E-state index < -0.39 is 0 Å². The molecule has 0 aliphatic carbocycles. The van der Waals surface area contributed by atoms with Gasteiger partial charge in [0, 0.05) is 6.61 Å². The summed E-state index contributed by atoms with van der Waals surface area (Å²) in [6.07, 6.45) is 5.04. The molecule has 0 spiro atoms. The maximum atomic E-state index is 5.50. The first-order valence-electron chi connectivity index (χ1n) is 4.63. The van der Waals surface area contributed by atoms with Gasteiger partial charge in [-0.3, -0.25) is 0 Å². The van der Waals surface area contributed by atoms with Gasteiger partial charge in [0.2, 0.25) is 0 Å². The lowest BCUT2D eigenvalue weighted by Gasteiger charge is -2.10. The van der Waals surface area contributed by atoms with Crippen LogP contribution in [-0.2, 0) is 4.74 Å². The summed E-state index contributed by atoms with van der Waals surface area (Å²) in [6, 6.07) is 0. The molecule has 1 unspecified atom stereocenters. The van der Waals surface area contributed by atoms with Crippen LogP contribution < -0.4 is 5.73 Å². The van der Waals surface area contributed by atoms with Gasteiger partial charge in [0.1, 0.15) is 0 Å². The van der Waals surface area contributed by atoms with Crippen molar-refractivity contribution in [2.45, 2.75) is 45.6 Å². The Morgan fingerprint density at radius 1 is 1.36 bits per heavy atom. The number of rotatable bonds is 7. The lowest BCUT2D eigenvalue weighted by Crippen LogP contribution is -2.14. The van der Waals surface area contributed by atoms with Crippen LogP contribution in [0.4, 0.5) is 0 Å². The first-order chi connectivity index (χ1) is 5.31. The summed E-state index contributed by atoms with van der Waals surface area (Å²) >= 11 is 0. The fourth-order valence-corrected chi connectivity index (χ4v) is 0.955. The van der Waals surface area contributed by atoms with Gasteiger partial charge in [0.05, 0.1) is 6.10 Å². The van der Waals surface area contributed by atoms with Crippen LogP contribution in [0.5, 0.6) is 0 Å². The van der Waals surface area contributed by atoms with Crippen LogP contribution in [0.15, 0.2) is 0 Å². The van der Waals surface area contributed by atoms with Gasteiger partial charge in [-0.1, -0.05) is 19.8 Å². The van der Waals surface area contributed by atoms with E-state index in [0.717, 1.165) is 19.6 Å². The second-order valence-electron chi connectivity index (χ2n) is 2.97. The van der Waals surface area contributed by atoms with E-state index in [1.165, 1.54) is 19.3 Å². The zero-order chi connectivity index (χ0) is 8.53. The zero-order valence-corrected chi connectivity index (χ0v) is 7.81. The van der Waals surface area contributed by atoms with Crippen LogP contribution in [0.3, 0.4) is 0 Å². The molecule has 0 saturated carbocycles. The normalized spacial score (nSPS) is 13.4. The minimum Gasteiger partial charge on any atom is -0.378 e. The topological polar surface area (TPSA) is 35.2 Å². The molecule has 2 heteroatoms. The van der Waals surface area contributed by atoms with Gasteiger partial charge < -0.3 is 10.5 Å². The predicted octanol–water partition coefficient (Wildman–Crippen LogP) is 1.93. The van der Waals surface area contributed by atoms with Crippen LogP contribution in [0.1, 0.15) is 39.5 Å². The summed E-state index contributed by atoms with van der Waals surface area (Å²) in [6.45, 7) is 5.91. The molecule has 0 bridgehead atoms. The molecule has 0 fully saturated rings. The molecule has 68 valence electrons. The molecule has 0 amide bonds. The fraction of sp³-hybridized carbons (Fsp3) is 1.00. The Hall–Kier alpha value is -0.0800. The van der Waals surface area contributed by atoms with E-state index in [9.17, 15) is 0 Å². The molecule has 0 aromatic rings. The molecule has 0 aliphatic rings. The monoisotopic (exact) mass is 159 g/mol. The quantitative estimate of drug-likeness (QED) is 0.576. The van der Waals surface area contributed by atoms with Crippen molar-refractivity contribution in [3.05, 3.63) is 0 Å². The highest BCUT2D eigenvalue weighted by Gasteiger charge is 1.98. The molecule has 2 nitrogen and oxygen atoms in total. The number of hydrogen-bond donors (Lipinski definition) is 1. The van der Waals surface area contributed by atoms with Gasteiger partial charge in [0.25, 0.3) is 0 Å². The summed E-state index contributed by atoms with van der Waals surface area (Å²) < 4.78 is 5.50. The van der Waals surface area contributed by atoms with Crippen molar-refractivity contribution in [3.63, 3.8) is 0 Å². The van der Waals surface area contributed by atoms with E-state index in [2.05, 4.69) is 13.8 Å². The summed E-state index contributed by atoms with van der Waals surface area (Å²) in [5, 5.41) is 0. The molecule has 0 aliphatic heterocycles. The first kappa shape index (κ1) is 10.9. The highest BCUT2D eigenvalue weighted by atomic mass is 16.5. The number of ether oxygens (including phenoxy) is 1. The Labute approximate surface area is 70.1 Å². The minimum atomic E-state index is 0.344. The minimum absolute atomic E-state index is 0.344. The van der Waals surface area contributed by atoms with E-state index in [0.29, 0.717) is 6.10 Å². The average molecular weight is 159 g/mol. The van der Waals surface area contributed by atoms with Crippen molar-refractivity contribution < 1.29 is 4.74 Å². The number of unbranched alkanes of at least 4 members (excludes halogenated alkanes) is 2. The van der Waals surface area contributed by atoms with Crippen molar-refractivity contribution >= 4 is 0 Å². The Bertz CT molecular complexity index is 76.0. The smallest absolute Gasteiger partial charge is 0.0559 e. The van der Waals surface area contributed by atoms with E-state index in [1.54, 1.807) is 0 Å². The Morgan fingerprint density at radius 3 is 2.64 bits per heavy atom. The average Bonchev–Trinajstić information content (AvgIpc) is 1.99. The molecular formula is C9H21NO. The number of hydrogen-bond acceptors (Lipinski definition) is 2. The second-order valence-corrected chi connectivity index (χ2v) is 2.97. The van der Waals surface area contributed by atoms with Crippen molar-refractivity contribution in [3.8, 4) is 0 Å². The summed E-state index contributed by atoms with van der Waals surface area (Å²) in [4.78, 5) is 0. The fourth-order valence-electron chi connectivity index (χ4n) is 0.955. The van der Waals surface area contributed by atoms with Crippen LogP contribution >= 0.6 is 0 Å². The zero-order valence-electron chi connectivity index (χ0n) is 7.81. The van der Waals surface area contributed by atoms with Crippen molar-refractivity contribution in [1.82, 2.24) is 0 Å². The van der Waals surface area contributed by atoms with Gasteiger partial charge in [-0.2, -0.15) is 0 Å². The van der Waals surface area contributed by atoms with E-state index in [1.807, 2.05) is 0 Å². The van der Waals surface area contributed by atoms with E-state index in [4.69, 9.17) is 10.5 Å². The molecule has 1 atom stereocenters. The third-order valence-corrected chi connectivity index (χ3v) is 1.72. The molecule has 0 saturated heterocycles. The summed E-state index contributed by atoms with van der Waals surface area (Å²) in [5.74, 6) is 0. The molecule has 0 rings (SSSR count).